The lowest BCUT2D eigenvalue weighted by Crippen LogP contribution is -2.42. The van der Waals surface area contributed by atoms with Crippen molar-refractivity contribution in [3.8, 4) is 0 Å². The molecule has 106 valence electrons. The summed E-state index contributed by atoms with van der Waals surface area (Å²) in [6, 6.07) is 2.56. The highest BCUT2D eigenvalue weighted by Gasteiger charge is 2.28. The van der Waals surface area contributed by atoms with Crippen molar-refractivity contribution in [1.82, 2.24) is 4.90 Å². The van der Waals surface area contributed by atoms with Crippen LogP contribution in [0.2, 0.25) is 0 Å². The number of sulfonamides is 1. The van der Waals surface area contributed by atoms with Crippen molar-refractivity contribution < 1.29 is 17.6 Å². The molecule has 0 radical (unpaired) electrons. The molecule has 0 spiro atoms. The van der Waals surface area contributed by atoms with E-state index in [0.717, 1.165) is 6.42 Å². The van der Waals surface area contributed by atoms with Crippen LogP contribution in [-0.2, 0) is 10.0 Å². The third-order valence-electron chi connectivity index (χ3n) is 3.23. The third kappa shape index (κ3) is 3.16. The van der Waals surface area contributed by atoms with Gasteiger partial charge in [-0.15, -0.1) is 0 Å². The molecule has 1 aromatic rings. The summed E-state index contributed by atoms with van der Waals surface area (Å²) in [4.78, 5) is 13.9. The summed E-state index contributed by atoms with van der Waals surface area (Å²) in [5.41, 5.74) is 0. The van der Waals surface area contributed by atoms with Crippen LogP contribution in [0.5, 0.6) is 0 Å². The van der Waals surface area contributed by atoms with Gasteiger partial charge in [0.05, 0.1) is 0 Å². The van der Waals surface area contributed by atoms with Gasteiger partial charge >= 0.3 is 0 Å². The minimum atomic E-state index is -3.91. The lowest BCUT2D eigenvalue weighted by molar-refractivity contribution is 0.0586. The zero-order valence-electron chi connectivity index (χ0n) is 11.0. The zero-order chi connectivity index (χ0) is 14.2. The fourth-order valence-electron chi connectivity index (χ4n) is 2.57. The van der Waals surface area contributed by atoms with E-state index in [1.807, 2.05) is 0 Å². The molecule has 1 aliphatic rings. The van der Waals surface area contributed by atoms with Crippen LogP contribution in [0.3, 0.4) is 0 Å². The third-order valence-corrected chi connectivity index (χ3v) is 4.01. The molecule has 1 aliphatic heterocycles. The average molecular weight is 286 g/mol. The van der Waals surface area contributed by atoms with Gasteiger partial charge < -0.3 is 9.32 Å². The Balaban J connectivity index is 2.18. The van der Waals surface area contributed by atoms with Crippen LogP contribution in [0.4, 0.5) is 0 Å². The lowest BCUT2D eigenvalue weighted by Gasteiger charge is -2.34. The van der Waals surface area contributed by atoms with Crippen LogP contribution in [0.25, 0.3) is 0 Å². The summed E-state index contributed by atoms with van der Waals surface area (Å²) < 4.78 is 27.2. The number of primary sulfonamides is 1. The Kier molecular flexibility index (Phi) is 3.69. The second-order valence-corrected chi connectivity index (χ2v) is 6.81. The quantitative estimate of drug-likeness (QED) is 0.879. The van der Waals surface area contributed by atoms with Crippen molar-refractivity contribution in [3.05, 3.63) is 17.9 Å². The minimum Gasteiger partial charge on any atom is -0.438 e. The predicted molar refractivity (Wildman–Crippen MR) is 68.9 cm³/mol. The number of carbonyl (C=O) groups is 1. The van der Waals surface area contributed by atoms with Gasteiger partial charge in [-0.3, -0.25) is 4.79 Å². The van der Waals surface area contributed by atoms with Crippen LogP contribution in [0, 0.1) is 11.8 Å². The Morgan fingerprint density at radius 2 is 1.89 bits per heavy atom. The fourth-order valence-corrected chi connectivity index (χ4v) is 3.04. The van der Waals surface area contributed by atoms with Crippen molar-refractivity contribution in [2.45, 2.75) is 25.4 Å². The summed E-state index contributed by atoms with van der Waals surface area (Å²) in [7, 11) is -3.91. The molecule has 1 amide bonds. The number of furan rings is 1. The molecule has 0 bridgehead atoms. The number of carbonyl (C=O) groups excluding carboxylic acids is 1. The fraction of sp³-hybridized carbons (Fsp3) is 0.583. The first-order valence-corrected chi connectivity index (χ1v) is 7.74. The molecule has 2 heterocycles. The first-order chi connectivity index (χ1) is 8.77. The number of amides is 1. The Labute approximate surface area is 112 Å². The van der Waals surface area contributed by atoms with Gasteiger partial charge in [0.25, 0.3) is 15.9 Å². The van der Waals surface area contributed by atoms with Crippen molar-refractivity contribution in [3.63, 3.8) is 0 Å². The molecule has 7 heteroatoms. The maximum atomic E-state index is 12.2. The Morgan fingerprint density at radius 1 is 1.32 bits per heavy atom. The summed E-state index contributed by atoms with van der Waals surface area (Å²) >= 11 is 0. The summed E-state index contributed by atoms with van der Waals surface area (Å²) in [6.45, 7) is 5.50. The predicted octanol–water partition coefficient (Wildman–Crippen LogP) is 1.05. The van der Waals surface area contributed by atoms with Crippen molar-refractivity contribution in [1.29, 1.82) is 0 Å². The zero-order valence-corrected chi connectivity index (χ0v) is 11.8. The normalized spacial score (nSPS) is 24.5. The second-order valence-electron chi connectivity index (χ2n) is 5.32. The number of nitrogens with zero attached hydrogens (tertiary/aromatic N) is 1. The van der Waals surface area contributed by atoms with E-state index in [1.54, 1.807) is 4.90 Å². The highest BCUT2D eigenvalue weighted by atomic mass is 32.2. The van der Waals surface area contributed by atoms with Gasteiger partial charge in [-0.2, -0.15) is 0 Å². The Hall–Kier alpha value is -1.34. The van der Waals surface area contributed by atoms with Crippen LogP contribution in [0.15, 0.2) is 21.6 Å². The first-order valence-electron chi connectivity index (χ1n) is 6.19. The topological polar surface area (TPSA) is 93.6 Å². The monoisotopic (exact) mass is 286 g/mol. The van der Waals surface area contributed by atoms with Crippen LogP contribution in [0.1, 0.15) is 30.8 Å². The van der Waals surface area contributed by atoms with Crippen LogP contribution < -0.4 is 5.14 Å². The van der Waals surface area contributed by atoms with E-state index in [9.17, 15) is 13.2 Å². The van der Waals surface area contributed by atoms with Gasteiger partial charge in [-0.1, -0.05) is 13.8 Å². The molecule has 19 heavy (non-hydrogen) atoms. The molecule has 1 aromatic heterocycles. The van der Waals surface area contributed by atoms with Crippen LogP contribution >= 0.6 is 0 Å². The average Bonchev–Trinajstić information content (AvgIpc) is 2.75. The first kappa shape index (κ1) is 14.1. The highest BCUT2D eigenvalue weighted by Crippen LogP contribution is 2.23. The summed E-state index contributed by atoms with van der Waals surface area (Å²) in [6.07, 6.45) is 1.09. The SMILES string of the molecule is CC1CC(C)CN(C(=O)c2ccc(S(N)(=O)=O)o2)C1. The number of hydrogen-bond donors (Lipinski definition) is 1. The second kappa shape index (κ2) is 4.97. The molecular formula is C12H18N2O4S. The van der Waals surface area contributed by atoms with Gasteiger partial charge in [0, 0.05) is 13.1 Å². The molecule has 6 nitrogen and oxygen atoms in total. The van der Waals surface area contributed by atoms with Gasteiger partial charge in [0.2, 0.25) is 5.09 Å². The molecule has 2 rings (SSSR count). The molecule has 2 unspecified atom stereocenters. The lowest BCUT2D eigenvalue weighted by atomic mass is 9.92. The van der Waals surface area contributed by atoms with Gasteiger partial charge in [0.15, 0.2) is 5.76 Å². The molecule has 0 aliphatic carbocycles. The van der Waals surface area contributed by atoms with Gasteiger partial charge in [-0.05, 0) is 30.4 Å². The molecule has 2 atom stereocenters. The molecule has 0 saturated carbocycles. The Morgan fingerprint density at radius 3 is 2.37 bits per heavy atom. The number of rotatable bonds is 2. The number of hydrogen-bond acceptors (Lipinski definition) is 4. The summed E-state index contributed by atoms with van der Waals surface area (Å²) in [5.74, 6) is 0.597. The molecule has 1 fully saturated rings. The Bertz CT molecular complexity index is 568. The minimum absolute atomic E-state index is 0.0188. The van der Waals surface area contributed by atoms with E-state index < -0.39 is 10.0 Å². The van der Waals surface area contributed by atoms with Crippen molar-refractivity contribution >= 4 is 15.9 Å². The molecule has 2 N–H and O–H groups in total. The molecular weight excluding hydrogens is 268 g/mol. The number of nitrogens with two attached hydrogens (primary N) is 1. The maximum Gasteiger partial charge on any atom is 0.289 e. The van der Waals surface area contributed by atoms with Gasteiger partial charge in [0.1, 0.15) is 0 Å². The highest BCUT2D eigenvalue weighted by molar-refractivity contribution is 7.89. The van der Waals surface area contributed by atoms with E-state index in [4.69, 9.17) is 9.56 Å². The van der Waals surface area contributed by atoms with Crippen molar-refractivity contribution in [2.75, 3.05) is 13.1 Å². The van der Waals surface area contributed by atoms with Crippen LogP contribution in [-0.4, -0.2) is 32.3 Å². The molecule has 0 aromatic carbocycles. The standard InChI is InChI=1S/C12H18N2O4S/c1-8-5-9(2)7-14(6-8)12(15)10-3-4-11(18-10)19(13,16)17/h3-4,8-9H,5-7H2,1-2H3,(H2,13,16,17). The summed E-state index contributed by atoms with van der Waals surface area (Å²) in [5, 5.41) is 4.57. The molecule has 1 saturated heterocycles. The smallest absolute Gasteiger partial charge is 0.289 e. The van der Waals surface area contributed by atoms with E-state index in [0.29, 0.717) is 24.9 Å². The number of likely N-dealkylation sites (tertiary alicyclic amines) is 1. The van der Waals surface area contributed by atoms with Crippen molar-refractivity contribution in [2.24, 2.45) is 17.0 Å². The van der Waals surface area contributed by atoms with E-state index in [1.165, 1.54) is 12.1 Å². The largest absolute Gasteiger partial charge is 0.438 e. The van der Waals surface area contributed by atoms with E-state index in [-0.39, 0.29) is 16.8 Å². The maximum absolute atomic E-state index is 12.2. The van der Waals surface area contributed by atoms with Gasteiger partial charge in [-0.25, -0.2) is 13.6 Å². The number of piperidine rings is 1. The van der Waals surface area contributed by atoms with E-state index >= 15 is 0 Å². The van der Waals surface area contributed by atoms with E-state index in [2.05, 4.69) is 13.8 Å².